The van der Waals surface area contributed by atoms with E-state index >= 15 is 0 Å². The molecule has 1 aromatic rings. The zero-order valence-electron chi connectivity index (χ0n) is 11.3. The molecular weight excluding hydrogens is 246 g/mol. The highest BCUT2D eigenvalue weighted by Gasteiger charge is 2.19. The number of nitrogens with one attached hydrogen (secondary N) is 1. The van der Waals surface area contributed by atoms with Crippen LogP contribution in [0, 0.1) is 0 Å². The van der Waals surface area contributed by atoms with Crippen molar-refractivity contribution in [2.24, 2.45) is 0 Å². The first-order valence-electron chi connectivity index (χ1n) is 6.31. The predicted octanol–water partition coefficient (Wildman–Crippen LogP) is 2.72. The highest BCUT2D eigenvalue weighted by Crippen LogP contribution is 2.39. The van der Waals surface area contributed by atoms with Crippen molar-refractivity contribution in [3.8, 4) is 11.5 Å². The van der Waals surface area contributed by atoms with Crippen LogP contribution in [-0.4, -0.2) is 33.1 Å². The van der Waals surface area contributed by atoms with Crippen molar-refractivity contribution in [2.45, 2.75) is 30.2 Å². The van der Waals surface area contributed by atoms with Crippen LogP contribution in [0.5, 0.6) is 11.5 Å². The molecule has 1 fully saturated rings. The van der Waals surface area contributed by atoms with Gasteiger partial charge >= 0.3 is 0 Å². The van der Waals surface area contributed by atoms with E-state index in [0.29, 0.717) is 6.04 Å². The van der Waals surface area contributed by atoms with E-state index in [-0.39, 0.29) is 0 Å². The summed E-state index contributed by atoms with van der Waals surface area (Å²) < 4.78 is 10.8. The zero-order valence-corrected chi connectivity index (χ0v) is 12.1. The first-order valence-corrected chi connectivity index (χ1v) is 7.53. The summed E-state index contributed by atoms with van der Waals surface area (Å²) in [5.41, 5.74) is 1.35. The molecule has 0 aromatic heterocycles. The summed E-state index contributed by atoms with van der Waals surface area (Å²) in [5.74, 6) is 1.67. The Hall–Kier alpha value is -0.870. The third-order valence-corrected chi connectivity index (χ3v) is 4.27. The third-order valence-electron chi connectivity index (χ3n) is 3.41. The first kappa shape index (κ1) is 13.6. The summed E-state index contributed by atoms with van der Waals surface area (Å²) in [7, 11) is 3.38. The number of rotatable bonds is 5. The van der Waals surface area contributed by atoms with E-state index in [4.69, 9.17) is 9.47 Å². The Labute approximate surface area is 113 Å². The molecular formula is C14H21NO2S. The number of hydrogen-bond donors (Lipinski definition) is 1. The Morgan fingerprint density at radius 3 is 2.72 bits per heavy atom. The second kappa shape index (κ2) is 6.34. The van der Waals surface area contributed by atoms with Gasteiger partial charge < -0.3 is 14.8 Å². The van der Waals surface area contributed by atoms with Crippen molar-refractivity contribution < 1.29 is 9.47 Å². The van der Waals surface area contributed by atoms with Gasteiger partial charge in [-0.05, 0) is 43.7 Å². The molecule has 2 rings (SSSR count). The van der Waals surface area contributed by atoms with Crippen molar-refractivity contribution in [3.63, 3.8) is 0 Å². The van der Waals surface area contributed by atoms with Crippen LogP contribution in [0.3, 0.4) is 0 Å². The Bertz CT molecular complexity index is 403. The van der Waals surface area contributed by atoms with E-state index in [1.165, 1.54) is 23.3 Å². The van der Waals surface area contributed by atoms with Gasteiger partial charge in [0.25, 0.3) is 0 Å². The standard InChI is InChI=1S/C14H21NO2S/c1-16-12-7-6-10(9-11-5-4-8-15-11)14(18-3)13(12)17-2/h6-7,11,15H,4-5,8-9H2,1-3H3. The number of benzene rings is 1. The van der Waals surface area contributed by atoms with Crippen LogP contribution in [0.2, 0.25) is 0 Å². The highest BCUT2D eigenvalue weighted by atomic mass is 32.2. The maximum atomic E-state index is 5.50. The van der Waals surface area contributed by atoms with Crippen molar-refractivity contribution in [1.82, 2.24) is 5.32 Å². The van der Waals surface area contributed by atoms with E-state index in [1.54, 1.807) is 26.0 Å². The largest absolute Gasteiger partial charge is 0.493 e. The second-order valence-electron chi connectivity index (χ2n) is 4.49. The SMILES string of the molecule is COc1ccc(CC2CCCN2)c(SC)c1OC. The van der Waals surface area contributed by atoms with E-state index in [2.05, 4.69) is 17.6 Å². The fourth-order valence-electron chi connectivity index (χ4n) is 2.52. The van der Waals surface area contributed by atoms with Gasteiger partial charge in [0.2, 0.25) is 0 Å². The van der Waals surface area contributed by atoms with Crippen LogP contribution in [-0.2, 0) is 6.42 Å². The molecule has 4 heteroatoms. The van der Waals surface area contributed by atoms with Gasteiger partial charge in [0.05, 0.1) is 19.1 Å². The second-order valence-corrected chi connectivity index (χ2v) is 5.31. The van der Waals surface area contributed by atoms with Gasteiger partial charge in [-0.1, -0.05) is 6.07 Å². The average molecular weight is 267 g/mol. The molecule has 0 bridgehead atoms. The highest BCUT2D eigenvalue weighted by molar-refractivity contribution is 7.98. The van der Waals surface area contributed by atoms with E-state index in [9.17, 15) is 0 Å². The van der Waals surface area contributed by atoms with Crippen LogP contribution in [0.4, 0.5) is 0 Å². The lowest BCUT2D eigenvalue weighted by Gasteiger charge is -2.17. The van der Waals surface area contributed by atoms with Gasteiger partial charge in [-0.3, -0.25) is 0 Å². The minimum Gasteiger partial charge on any atom is -0.493 e. The molecule has 3 nitrogen and oxygen atoms in total. The Balaban J connectivity index is 2.28. The van der Waals surface area contributed by atoms with Crippen LogP contribution in [0.1, 0.15) is 18.4 Å². The van der Waals surface area contributed by atoms with Crippen molar-refractivity contribution in [3.05, 3.63) is 17.7 Å². The van der Waals surface area contributed by atoms with Gasteiger partial charge in [0.15, 0.2) is 11.5 Å². The fourth-order valence-corrected chi connectivity index (χ4v) is 3.30. The summed E-state index contributed by atoms with van der Waals surface area (Å²) in [5, 5.41) is 3.54. The molecule has 1 N–H and O–H groups in total. The lowest BCUT2D eigenvalue weighted by Crippen LogP contribution is -2.23. The zero-order chi connectivity index (χ0) is 13.0. The fraction of sp³-hybridized carbons (Fsp3) is 0.571. The molecule has 0 aliphatic carbocycles. The third kappa shape index (κ3) is 2.75. The van der Waals surface area contributed by atoms with Gasteiger partial charge in [-0.2, -0.15) is 0 Å². The van der Waals surface area contributed by atoms with E-state index < -0.39 is 0 Å². The average Bonchev–Trinajstić information content (AvgIpc) is 2.90. The molecule has 0 amide bonds. The summed E-state index contributed by atoms with van der Waals surface area (Å²) >= 11 is 1.73. The molecule has 1 saturated heterocycles. The first-order chi connectivity index (χ1) is 8.80. The van der Waals surface area contributed by atoms with Crippen molar-refractivity contribution in [1.29, 1.82) is 0 Å². The molecule has 0 saturated carbocycles. The van der Waals surface area contributed by atoms with Crippen LogP contribution >= 0.6 is 11.8 Å². The summed E-state index contributed by atoms with van der Waals surface area (Å²) in [4.78, 5) is 1.20. The molecule has 1 aromatic carbocycles. The molecule has 1 heterocycles. The number of thioether (sulfide) groups is 1. The predicted molar refractivity (Wildman–Crippen MR) is 76.1 cm³/mol. The smallest absolute Gasteiger partial charge is 0.174 e. The summed E-state index contributed by atoms with van der Waals surface area (Å²) in [6, 6.07) is 4.77. The number of methoxy groups -OCH3 is 2. The van der Waals surface area contributed by atoms with Gasteiger partial charge in [0.1, 0.15) is 0 Å². The van der Waals surface area contributed by atoms with E-state index in [0.717, 1.165) is 24.5 Å². The summed E-state index contributed by atoms with van der Waals surface area (Å²) in [6.07, 6.45) is 5.70. The maximum absolute atomic E-state index is 5.50. The van der Waals surface area contributed by atoms with Gasteiger partial charge in [0, 0.05) is 6.04 Å². The van der Waals surface area contributed by atoms with E-state index in [1.807, 2.05) is 6.07 Å². The minimum atomic E-state index is 0.606. The van der Waals surface area contributed by atoms with Crippen molar-refractivity contribution in [2.75, 3.05) is 27.0 Å². The quantitative estimate of drug-likeness (QED) is 0.831. The molecule has 1 atom stereocenters. The van der Waals surface area contributed by atoms with Crippen LogP contribution in [0.15, 0.2) is 17.0 Å². The lowest BCUT2D eigenvalue weighted by molar-refractivity contribution is 0.347. The molecule has 1 unspecified atom stereocenters. The molecule has 18 heavy (non-hydrogen) atoms. The molecule has 1 aliphatic heterocycles. The molecule has 1 aliphatic rings. The number of hydrogen-bond acceptors (Lipinski definition) is 4. The summed E-state index contributed by atoms with van der Waals surface area (Å²) in [6.45, 7) is 1.15. The van der Waals surface area contributed by atoms with Crippen LogP contribution in [0.25, 0.3) is 0 Å². The Morgan fingerprint density at radius 1 is 1.33 bits per heavy atom. The van der Waals surface area contributed by atoms with Gasteiger partial charge in [-0.25, -0.2) is 0 Å². The normalized spacial score (nSPS) is 18.9. The minimum absolute atomic E-state index is 0.606. The van der Waals surface area contributed by atoms with Gasteiger partial charge in [-0.15, -0.1) is 11.8 Å². The lowest BCUT2D eigenvalue weighted by atomic mass is 10.0. The topological polar surface area (TPSA) is 30.5 Å². The molecule has 100 valence electrons. The van der Waals surface area contributed by atoms with Crippen molar-refractivity contribution >= 4 is 11.8 Å². The maximum Gasteiger partial charge on any atom is 0.174 e. The molecule has 0 spiro atoms. The van der Waals surface area contributed by atoms with Crippen LogP contribution < -0.4 is 14.8 Å². The monoisotopic (exact) mass is 267 g/mol. The Kier molecular flexibility index (Phi) is 4.78. The number of ether oxygens (including phenoxy) is 2. The Morgan fingerprint density at radius 2 is 2.17 bits per heavy atom. The molecule has 0 radical (unpaired) electrons.